The van der Waals surface area contributed by atoms with E-state index in [0.29, 0.717) is 24.8 Å². The molecule has 0 amide bonds. The van der Waals surface area contributed by atoms with Gasteiger partial charge in [-0.05, 0) is 50.3 Å². The molecule has 2 atom stereocenters. The van der Waals surface area contributed by atoms with Crippen LogP contribution in [0.25, 0.3) is 12.3 Å². The van der Waals surface area contributed by atoms with Gasteiger partial charge < -0.3 is 15.5 Å². The molecule has 31 heavy (non-hydrogen) atoms. The summed E-state index contributed by atoms with van der Waals surface area (Å²) in [5, 5.41) is 8.88. The number of aromatic nitrogens is 2. The molecule has 1 saturated heterocycles. The van der Waals surface area contributed by atoms with Crippen molar-refractivity contribution in [2.45, 2.75) is 57.5 Å². The van der Waals surface area contributed by atoms with E-state index in [1.807, 2.05) is 19.2 Å². The van der Waals surface area contributed by atoms with Gasteiger partial charge in [-0.15, -0.1) is 0 Å². The van der Waals surface area contributed by atoms with E-state index in [1.165, 1.54) is 0 Å². The van der Waals surface area contributed by atoms with Crippen LogP contribution in [0.5, 0.6) is 0 Å². The zero-order valence-corrected chi connectivity index (χ0v) is 17.9. The Balaban J connectivity index is 1.48. The minimum atomic E-state index is -2.72. The fraction of sp³-hybridized carbons (Fsp3) is 0.500. The predicted octanol–water partition coefficient (Wildman–Crippen LogP) is 2.41. The molecule has 2 N–H and O–H groups in total. The molecule has 1 aromatic carbocycles. The van der Waals surface area contributed by atoms with Crippen LogP contribution in [-0.2, 0) is 18.9 Å². The van der Waals surface area contributed by atoms with Gasteiger partial charge in [0.2, 0.25) is 0 Å². The van der Waals surface area contributed by atoms with Crippen molar-refractivity contribution in [3.8, 4) is 0 Å². The molecule has 0 spiro atoms. The van der Waals surface area contributed by atoms with Crippen molar-refractivity contribution >= 4 is 18.1 Å². The molecule has 5 rings (SSSR count). The van der Waals surface area contributed by atoms with Gasteiger partial charge in [0.05, 0.1) is 10.6 Å². The zero-order valence-electron chi connectivity index (χ0n) is 17.9. The van der Waals surface area contributed by atoms with Gasteiger partial charge in [-0.3, -0.25) is 0 Å². The Morgan fingerprint density at radius 3 is 3.06 bits per heavy atom. The third-order valence-electron chi connectivity index (χ3n) is 6.64. The summed E-state index contributed by atoms with van der Waals surface area (Å²) in [5.74, 6) is -1.26. The lowest BCUT2D eigenvalue weighted by Crippen LogP contribution is -2.37. The van der Waals surface area contributed by atoms with Gasteiger partial charge in [-0.25, -0.2) is 18.7 Å². The Hall–Kier alpha value is -2.54. The highest BCUT2D eigenvalue weighted by molar-refractivity contribution is 5.47. The van der Waals surface area contributed by atoms with E-state index in [9.17, 15) is 8.78 Å². The predicted molar refractivity (Wildman–Crippen MR) is 118 cm³/mol. The number of alkyl halides is 2. The summed E-state index contributed by atoms with van der Waals surface area (Å²) in [6, 6.07) is 5.66. The molecule has 1 aromatic heterocycles. The summed E-state index contributed by atoms with van der Waals surface area (Å²) in [6.45, 7) is 5.67. The number of fused-ring (bicyclic) bond motifs is 4. The number of aryl methyl sites for hydroxylation is 1. The lowest BCUT2D eigenvalue weighted by molar-refractivity contribution is -0.00184. The highest BCUT2D eigenvalue weighted by atomic mass is 19.3. The lowest BCUT2D eigenvalue weighted by Gasteiger charge is -2.15. The molecule has 3 heterocycles. The van der Waals surface area contributed by atoms with Crippen LogP contribution in [-0.4, -0.2) is 40.5 Å². The second kappa shape index (κ2) is 8.19. The van der Waals surface area contributed by atoms with Gasteiger partial charge in [0.25, 0.3) is 5.92 Å². The van der Waals surface area contributed by atoms with E-state index < -0.39 is 5.92 Å². The maximum atomic E-state index is 14.2. The van der Waals surface area contributed by atoms with Gasteiger partial charge >= 0.3 is 0 Å². The highest BCUT2D eigenvalue weighted by Gasteiger charge is 2.39. The Morgan fingerprint density at radius 2 is 2.16 bits per heavy atom. The van der Waals surface area contributed by atoms with Gasteiger partial charge in [-0.2, -0.15) is 0 Å². The number of benzene rings is 1. The van der Waals surface area contributed by atoms with Crippen LogP contribution in [0.15, 0.2) is 18.2 Å². The van der Waals surface area contributed by atoms with Crippen molar-refractivity contribution in [3.63, 3.8) is 0 Å². The van der Waals surface area contributed by atoms with Crippen LogP contribution in [0.2, 0.25) is 0 Å². The van der Waals surface area contributed by atoms with Crippen LogP contribution < -0.4 is 21.2 Å². The molecular formula is C24H29F2N5. The Labute approximate surface area is 181 Å². The lowest BCUT2D eigenvalue weighted by atomic mass is 10.0. The highest BCUT2D eigenvalue weighted by Crippen LogP contribution is 2.42. The van der Waals surface area contributed by atoms with E-state index in [-0.39, 0.29) is 12.0 Å². The Kier molecular flexibility index (Phi) is 5.38. The normalized spacial score (nSPS) is 26.3. The molecule has 1 fully saturated rings. The number of nitrogens with one attached hydrogen (secondary N) is 2. The monoisotopic (exact) mass is 425 g/mol. The summed E-state index contributed by atoms with van der Waals surface area (Å²) < 4.78 is 28.3. The van der Waals surface area contributed by atoms with Crippen molar-refractivity contribution in [1.82, 2.24) is 20.2 Å². The largest absolute Gasteiger partial charge is 0.386 e. The standard InChI is InChI=1S/C24H29F2N5/c1-16-29-22-7-2-3-11-31-12-9-18(15-31)27-14-20(22)23(30-16)28-13-17-5-4-6-21-19(17)8-10-24(21,25)26/h4-7,14,18,27H,2-3,8-13,15H2,1H3,(H,28,29,30)/b20-14-,22-7+. The summed E-state index contributed by atoms with van der Waals surface area (Å²) in [6.07, 6.45) is 7.76. The van der Waals surface area contributed by atoms with Crippen molar-refractivity contribution in [2.75, 3.05) is 25.0 Å². The van der Waals surface area contributed by atoms with Crippen LogP contribution in [0.3, 0.4) is 0 Å². The summed E-state index contributed by atoms with van der Waals surface area (Å²) in [7, 11) is 0. The van der Waals surface area contributed by atoms with Gasteiger partial charge in [-0.1, -0.05) is 24.3 Å². The van der Waals surface area contributed by atoms with Crippen molar-refractivity contribution in [2.24, 2.45) is 0 Å². The molecular weight excluding hydrogens is 396 g/mol. The first kappa shape index (κ1) is 20.4. The number of rotatable bonds is 3. The maximum absolute atomic E-state index is 14.2. The first-order valence-electron chi connectivity index (χ1n) is 11.3. The van der Waals surface area contributed by atoms with Gasteiger partial charge in [0.1, 0.15) is 11.6 Å². The Bertz CT molecular complexity index is 1100. The van der Waals surface area contributed by atoms with Crippen LogP contribution in [0, 0.1) is 6.92 Å². The second-order valence-corrected chi connectivity index (χ2v) is 8.86. The molecule has 0 radical (unpaired) electrons. The van der Waals surface area contributed by atoms with Crippen molar-refractivity contribution in [3.05, 3.63) is 51.3 Å². The molecule has 5 nitrogen and oxygen atoms in total. The number of anilines is 1. The third-order valence-corrected chi connectivity index (χ3v) is 6.64. The zero-order chi connectivity index (χ0) is 21.4. The maximum Gasteiger partial charge on any atom is 0.273 e. The number of halogens is 2. The molecule has 3 aliphatic rings. The minimum Gasteiger partial charge on any atom is -0.386 e. The third kappa shape index (κ3) is 4.15. The number of hydrogen-bond acceptors (Lipinski definition) is 5. The smallest absolute Gasteiger partial charge is 0.273 e. The fourth-order valence-corrected chi connectivity index (χ4v) is 5.00. The topological polar surface area (TPSA) is 53.1 Å². The Morgan fingerprint density at radius 1 is 1.26 bits per heavy atom. The van der Waals surface area contributed by atoms with Crippen LogP contribution >= 0.6 is 0 Å². The van der Waals surface area contributed by atoms with Crippen LogP contribution in [0.4, 0.5) is 14.6 Å². The quantitative estimate of drug-likeness (QED) is 0.791. The number of hydrogen-bond donors (Lipinski definition) is 2. The van der Waals surface area contributed by atoms with Gasteiger partial charge in [0, 0.05) is 43.9 Å². The average Bonchev–Trinajstić information content (AvgIpc) is 3.31. The van der Waals surface area contributed by atoms with E-state index in [2.05, 4.69) is 31.6 Å². The molecule has 2 bridgehead atoms. The molecule has 1 aliphatic carbocycles. The molecule has 2 aliphatic heterocycles. The number of nitrogens with zero attached hydrogens (tertiary/aromatic N) is 3. The molecule has 0 saturated carbocycles. The molecule has 2 unspecified atom stereocenters. The first-order valence-corrected chi connectivity index (χ1v) is 11.3. The molecule has 2 aromatic rings. The van der Waals surface area contributed by atoms with E-state index >= 15 is 0 Å². The minimum absolute atomic E-state index is 0.105. The van der Waals surface area contributed by atoms with E-state index in [1.54, 1.807) is 12.1 Å². The second-order valence-electron chi connectivity index (χ2n) is 8.86. The molecule has 7 heteroatoms. The summed E-state index contributed by atoms with van der Waals surface area (Å²) in [5.41, 5.74) is 1.87. The summed E-state index contributed by atoms with van der Waals surface area (Å²) >= 11 is 0. The van der Waals surface area contributed by atoms with Gasteiger partial charge in [0.15, 0.2) is 0 Å². The van der Waals surface area contributed by atoms with Crippen molar-refractivity contribution < 1.29 is 8.78 Å². The SMILES string of the molecule is Cc1nc(NCc2cccc3c2CCC3(F)F)c2/c(n1)=C\CCCN1CCC(C1)N/C=2. The van der Waals surface area contributed by atoms with Crippen LogP contribution in [0.1, 0.15) is 48.2 Å². The van der Waals surface area contributed by atoms with Crippen molar-refractivity contribution in [1.29, 1.82) is 0 Å². The fourth-order valence-electron chi connectivity index (χ4n) is 5.00. The summed E-state index contributed by atoms with van der Waals surface area (Å²) in [4.78, 5) is 11.9. The first-order chi connectivity index (χ1) is 15.0. The molecule has 164 valence electrons. The van der Waals surface area contributed by atoms with E-state index in [4.69, 9.17) is 0 Å². The average molecular weight is 426 g/mol. The van der Waals surface area contributed by atoms with E-state index in [0.717, 1.165) is 66.4 Å².